The van der Waals surface area contributed by atoms with E-state index in [1.165, 1.54) is 0 Å². The number of aromatic nitrogens is 4. The Bertz CT molecular complexity index is 624. The SMILES string of the molecule is CC(C)(C)NC(=O)c1nn2c(C(F)(F)F)nnc2s1. The first-order valence-corrected chi connectivity index (χ1v) is 6.01. The number of amides is 1. The first-order valence-electron chi connectivity index (χ1n) is 5.20. The van der Waals surface area contributed by atoms with E-state index in [4.69, 9.17) is 0 Å². The molecular formula is C9H10F3N5OS. The minimum atomic E-state index is -4.66. The van der Waals surface area contributed by atoms with Crippen LogP contribution in [-0.4, -0.2) is 31.3 Å². The lowest BCUT2D eigenvalue weighted by molar-refractivity contribution is -0.146. The Labute approximate surface area is 109 Å². The molecule has 0 spiro atoms. The highest BCUT2D eigenvalue weighted by atomic mass is 32.1. The molecule has 2 aromatic rings. The van der Waals surface area contributed by atoms with Crippen molar-refractivity contribution in [1.29, 1.82) is 0 Å². The standard InChI is InChI=1S/C9H10F3N5OS/c1-8(2,3)13-4(18)5-16-17-6(9(10,11)12)14-15-7(17)19-5/h1-3H3,(H,13,18). The molecule has 1 N–H and O–H groups in total. The summed E-state index contributed by atoms with van der Waals surface area (Å²) < 4.78 is 38.3. The van der Waals surface area contributed by atoms with E-state index in [-0.39, 0.29) is 9.97 Å². The summed E-state index contributed by atoms with van der Waals surface area (Å²) in [6.45, 7) is 5.27. The molecule has 0 radical (unpaired) electrons. The van der Waals surface area contributed by atoms with E-state index < -0.39 is 23.4 Å². The van der Waals surface area contributed by atoms with Crippen molar-refractivity contribution in [2.75, 3.05) is 0 Å². The van der Waals surface area contributed by atoms with Gasteiger partial charge in [0.05, 0.1) is 0 Å². The van der Waals surface area contributed by atoms with Gasteiger partial charge in [-0.1, -0.05) is 11.3 Å². The first-order chi connectivity index (χ1) is 8.58. The summed E-state index contributed by atoms with van der Waals surface area (Å²) in [5.41, 5.74) is -0.504. The average Bonchev–Trinajstić information content (AvgIpc) is 2.68. The minimum Gasteiger partial charge on any atom is -0.345 e. The lowest BCUT2D eigenvalue weighted by Crippen LogP contribution is -2.40. The minimum absolute atomic E-state index is 0.0774. The third kappa shape index (κ3) is 2.83. The van der Waals surface area contributed by atoms with Gasteiger partial charge in [0.1, 0.15) is 0 Å². The summed E-state index contributed by atoms with van der Waals surface area (Å²) in [7, 11) is 0. The summed E-state index contributed by atoms with van der Waals surface area (Å²) in [5.74, 6) is -1.79. The van der Waals surface area contributed by atoms with Crippen molar-refractivity contribution in [3.63, 3.8) is 0 Å². The molecule has 10 heteroatoms. The Morgan fingerprint density at radius 1 is 1.26 bits per heavy atom. The normalized spacial score (nSPS) is 12.9. The second-order valence-corrected chi connectivity index (χ2v) is 5.78. The molecule has 6 nitrogen and oxygen atoms in total. The molecule has 0 bridgehead atoms. The molecule has 2 rings (SSSR count). The smallest absolute Gasteiger partial charge is 0.345 e. The summed E-state index contributed by atoms with van der Waals surface area (Å²) in [6, 6.07) is 0. The summed E-state index contributed by atoms with van der Waals surface area (Å²) in [5, 5.41) is 12.5. The number of hydrogen-bond acceptors (Lipinski definition) is 5. The van der Waals surface area contributed by atoms with E-state index >= 15 is 0 Å². The van der Waals surface area contributed by atoms with Crippen LogP contribution in [0.25, 0.3) is 4.96 Å². The van der Waals surface area contributed by atoms with Crippen molar-refractivity contribution in [2.24, 2.45) is 0 Å². The van der Waals surface area contributed by atoms with Crippen molar-refractivity contribution < 1.29 is 18.0 Å². The van der Waals surface area contributed by atoms with Crippen molar-refractivity contribution in [1.82, 2.24) is 25.1 Å². The number of carbonyl (C=O) groups is 1. The average molecular weight is 293 g/mol. The maximum Gasteiger partial charge on any atom is 0.453 e. The molecule has 0 saturated carbocycles. The van der Waals surface area contributed by atoms with Gasteiger partial charge in [-0.15, -0.1) is 15.3 Å². The number of hydrogen-bond donors (Lipinski definition) is 1. The number of rotatable bonds is 1. The monoisotopic (exact) mass is 293 g/mol. The highest BCUT2D eigenvalue weighted by molar-refractivity contribution is 7.18. The van der Waals surface area contributed by atoms with Gasteiger partial charge in [0.2, 0.25) is 9.97 Å². The van der Waals surface area contributed by atoms with Crippen LogP contribution in [0.15, 0.2) is 0 Å². The molecule has 0 aliphatic heterocycles. The highest BCUT2D eigenvalue weighted by Crippen LogP contribution is 2.28. The zero-order valence-corrected chi connectivity index (χ0v) is 11.1. The third-order valence-corrected chi connectivity index (χ3v) is 2.82. The van der Waals surface area contributed by atoms with Crippen LogP contribution >= 0.6 is 11.3 Å². The summed E-state index contributed by atoms with van der Waals surface area (Å²) in [6.07, 6.45) is -4.66. The van der Waals surface area contributed by atoms with Crippen LogP contribution in [-0.2, 0) is 6.18 Å². The van der Waals surface area contributed by atoms with Gasteiger partial charge in [0, 0.05) is 5.54 Å². The maximum absolute atomic E-state index is 12.6. The zero-order valence-electron chi connectivity index (χ0n) is 10.2. The Morgan fingerprint density at radius 2 is 1.89 bits per heavy atom. The Kier molecular flexibility index (Phi) is 3.00. The van der Waals surface area contributed by atoms with Gasteiger partial charge in [-0.25, -0.2) is 0 Å². The van der Waals surface area contributed by atoms with Crippen molar-refractivity contribution in [3.05, 3.63) is 10.8 Å². The quantitative estimate of drug-likeness (QED) is 0.869. The predicted octanol–water partition coefficient (Wildman–Crippen LogP) is 1.73. The molecule has 0 fully saturated rings. The van der Waals surface area contributed by atoms with E-state index in [0.29, 0.717) is 4.52 Å². The van der Waals surface area contributed by atoms with E-state index in [2.05, 4.69) is 20.6 Å². The molecule has 0 unspecified atom stereocenters. The Hall–Kier alpha value is -1.71. The maximum atomic E-state index is 12.6. The molecule has 2 heterocycles. The van der Waals surface area contributed by atoms with Crippen LogP contribution in [0.5, 0.6) is 0 Å². The topological polar surface area (TPSA) is 72.2 Å². The van der Waals surface area contributed by atoms with Crippen molar-refractivity contribution >= 4 is 22.2 Å². The van der Waals surface area contributed by atoms with Gasteiger partial charge >= 0.3 is 6.18 Å². The Balaban J connectivity index is 2.38. The molecule has 104 valence electrons. The number of halogens is 3. The largest absolute Gasteiger partial charge is 0.453 e. The van der Waals surface area contributed by atoms with Gasteiger partial charge in [-0.2, -0.15) is 17.7 Å². The molecule has 2 aromatic heterocycles. The number of nitrogens with one attached hydrogen (secondary N) is 1. The summed E-state index contributed by atoms with van der Waals surface area (Å²) in [4.78, 5) is 11.7. The van der Waals surface area contributed by atoms with E-state index in [1.807, 2.05) is 0 Å². The fourth-order valence-corrected chi connectivity index (χ4v) is 2.01. The number of fused-ring (bicyclic) bond motifs is 1. The van der Waals surface area contributed by atoms with E-state index in [1.54, 1.807) is 20.8 Å². The highest BCUT2D eigenvalue weighted by Gasteiger charge is 2.38. The molecule has 0 aliphatic carbocycles. The molecule has 0 saturated heterocycles. The second kappa shape index (κ2) is 4.15. The molecule has 0 aliphatic rings. The third-order valence-electron chi connectivity index (χ3n) is 1.93. The van der Waals surface area contributed by atoms with Crippen LogP contribution in [0.1, 0.15) is 36.4 Å². The fourth-order valence-electron chi connectivity index (χ4n) is 1.28. The van der Waals surface area contributed by atoms with E-state index in [9.17, 15) is 18.0 Å². The van der Waals surface area contributed by atoms with Gasteiger partial charge in [-0.3, -0.25) is 4.79 Å². The van der Waals surface area contributed by atoms with E-state index in [0.717, 1.165) is 11.3 Å². The van der Waals surface area contributed by atoms with Crippen LogP contribution in [0, 0.1) is 0 Å². The lowest BCUT2D eigenvalue weighted by Gasteiger charge is -2.19. The van der Waals surface area contributed by atoms with Gasteiger partial charge in [-0.05, 0) is 20.8 Å². The molecular weight excluding hydrogens is 283 g/mol. The lowest BCUT2D eigenvalue weighted by atomic mass is 10.1. The first kappa shape index (κ1) is 13.7. The van der Waals surface area contributed by atoms with Gasteiger partial charge in [0.25, 0.3) is 11.7 Å². The number of alkyl halides is 3. The summed E-state index contributed by atoms with van der Waals surface area (Å²) >= 11 is 0.749. The van der Waals surface area contributed by atoms with Crippen LogP contribution in [0.4, 0.5) is 13.2 Å². The van der Waals surface area contributed by atoms with Crippen LogP contribution < -0.4 is 5.32 Å². The predicted molar refractivity (Wildman–Crippen MR) is 60.9 cm³/mol. The van der Waals surface area contributed by atoms with Crippen LogP contribution in [0.3, 0.4) is 0 Å². The Morgan fingerprint density at radius 3 is 2.42 bits per heavy atom. The van der Waals surface area contributed by atoms with Crippen LogP contribution in [0.2, 0.25) is 0 Å². The molecule has 19 heavy (non-hydrogen) atoms. The van der Waals surface area contributed by atoms with Gasteiger partial charge in [0.15, 0.2) is 0 Å². The number of carbonyl (C=O) groups excluding carboxylic acids is 1. The van der Waals surface area contributed by atoms with Crippen molar-refractivity contribution in [2.45, 2.75) is 32.5 Å². The van der Waals surface area contributed by atoms with Gasteiger partial charge < -0.3 is 5.32 Å². The second-order valence-electron chi connectivity index (χ2n) is 4.83. The molecule has 1 amide bonds. The van der Waals surface area contributed by atoms with Crippen molar-refractivity contribution in [3.8, 4) is 0 Å². The zero-order chi connectivity index (χ0) is 14.4. The fraction of sp³-hybridized carbons (Fsp3) is 0.556. The molecule has 0 aromatic carbocycles. The number of nitrogens with zero attached hydrogens (tertiary/aromatic N) is 4. The molecule has 0 atom stereocenters.